The molecule has 0 aromatic heterocycles. The fourth-order valence-electron chi connectivity index (χ4n) is 3.75. The SMILES string of the molecule is N#CC1=C(SCC(=O)N(c2ccccc2)c2ccccc2)NC(=O)C[C@H]1c1ccccc1F. The zero-order valence-electron chi connectivity index (χ0n) is 17.6. The van der Waals surface area contributed by atoms with Crippen molar-refractivity contribution in [3.8, 4) is 6.07 Å². The Kier molecular flexibility index (Phi) is 6.86. The quantitative estimate of drug-likeness (QED) is 0.548. The third-order valence-electron chi connectivity index (χ3n) is 5.25. The Bertz CT molecular complexity index is 1200. The van der Waals surface area contributed by atoms with Gasteiger partial charge in [0.1, 0.15) is 5.82 Å². The number of carbonyl (C=O) groups is 2. The van der Waals surface area contributed by atoms with Crippen molar-refractivity contribution < 1.29 is 14.0 Å². The third kappa shape index (κ3) is 4.97. The second-order valence-corrected chi connectivity index (χ2v) is 8.36. The second kappa shape index (κ2) is 10.2. The van der Waals surface area contributed by atoms with Crippen molar-refractivity contribution in [1.29, 1.82) is 5.26 Å². The van der Waals surface area contributed by atoms with Crippen molar-refractivity contribution in [3.05, 3.63) is 107 Å². The molecule has 0 radical (unpaired) electrons. The number of thioether (sulfide) groups is 1. The number of hydrogen-bond donors (Lipinski definition) is 1. The van der Waals surface area contributed by atoms with E-state index in [-0.39, 0.29) is 34.6 Å². The molecule has 0 bridgehead atoms. The van der Waals surface area contributed by atoms with Crippen LogP contribution in [0.1, 0.15) is 17.9 Å². The second-order valence-electron chi connectivity index (χ2n) is 7.37. The van der Waals surface area contributed by atoms with Crippen LogP contribution in [0.5, 0.6) is 0 Å². The molecule has 5 nitrogen and oxygen atoms in total. The highest BCUT2D eigenvalue weighted by Gasteiger charge is 2.31. The molecule has 1 atom stereocenters. The van der Waals surface area contributed by atoms with Crippen LogP contribution in [0.3, 0.4) is 0 Å². The Hall–Kier alpha value is -3.89. The highest BCUT2D eigenvalue weighted by Crippen LogP contribution is 2.37. The average molecular weight is 458 g/mol. The van der Waals surface area contributed by atoms with Gasteiger partial charge in [-0.25, -0.2) is 4.39 Å². The van der Waals surface area contributed by atoms with Crippen LogP contribution in [-0.4, -0.2) is 17.6 Å². The van der Waals surface area contributed by atoms with E-state index in [0.29, 0.717) is 16.9 Å². The Morgan fingerprint density at radius 2 is 1.58 bits per heavy atom. The van der Waals surface area contributed by atoms with Gasteiger partial charge in [-0.2, -0.15) is 5.26 Å². The third-order valence-corrected chi connectivity index (χ3v) is 6.26. The summed E-state index contributed by atoms with van der Waals surface area (Å²) in [6.07, 6.45) is -0.0258. The molecule has 7 heteroatoms. The van der Waals surface area contributed by atoms with Gasteiger partial charge in [-0.15, -0.1) is 0 Å². The first kappa shape index (κ1) is 22.3. The molecule has 1 N–H and O–H groups in total. The summed E-state index contributed by atoms with van der Waals surface area (Å²) >= 11 is 1.08. The maximum atomic E-state index is 14.4. The minimum absolute atomic E-state index is 0.0193. The Morgan fingerprint density at radius 1 is 1.00 bits per heavy atom. The lowest BCUT2D eigenvalue weighted by atomic mass is 9.87. The summed E-state index contributed by atoms with van der Waals surface area (Å²) in [6.45, 7) is 0. The fourth-order valence-corrected chi connectivity index (χ4v) is 4.67. The first-order valence-electron chi connectivity index (χ1n) is 10.3. The molecule has 4 rings (SSSR count). The van der Waals surface area contributed by atoms with Crippen molar-refractivity contribution in [2.75, 3.05) is 10.7 Å². The molecule has 1 aliphatic heterocycles. The van der Waals surface area contributed by atoms with Gasteiger partial charge in [-0.3, -0.25) is 14.5 Å². The van der Waals surface area contributed by atoms with E-state index in [1.54, 1.807) is 23.1 Å². The Labute approximate surface area is 195 Å². The van der Waals surface area contributed by atoms with Gasteiger partial charge in [0.25, 0.3) is 0 Å². The number of nitrogens with one attached hydrogen (secondary N) is 1. The van der Waals surface area contributed by atoms with Crippen LogP contribution in [0.15, 0.2) is 95.5 Å². The van der Waals surface area contributed by atoms with E-state index in [2.05, 4.69) is 11.4 Å². The first-order chi connectivity index (χ1) is 16.1. The number of halogens is 1. The smallest absolute Gasteiger partial charge is 0.241 e. The van der Waals surface area contributed by atoms with Gasteiger partial charge in [-0.05, 0) is 35.9 Å². The van der Waals surface area contributed by atoms with Gasteiger partial charge < -0.3 is 5.32 Å². The van der Waals surface area contributed by atoms with Crippen LogP contribution in [0.4, 0.5) is 15.8 Å². The maximum Gasteiger partial charge on any atom is 0.241 e. The lowest BCUT2D eigenvalue weighted by Crippen LogP contribution is -2.33. The van der Waals surface area contributed by atoms with Gasteiger partial charge in [-0.1, -0.05) is 66.4 Å². The number of allylic oxidation sites excluding steroid dienone is 1. The van der Waals surface area contributed by atoms with Crippen molar-refractivity contribution in [3.63, 3.8) is 0 Å². The predicted octanol–water partition coefficient (Wildman–Crippen LogP) is 5.26. The first-order valence-corrected chi connectivity index (χ1v) is 11.3. The van der Waals surface area contributed by atoms with Gasteiger partial charge in [0, 0.05) is 23.7 Å². The van der Waals surface area contributed by atoms with E-state index in [4.69, 9.17) is 0 Å². The zero-order chi connectivity index (χ0) is 23.2. The monoisotopic (exact) mass is 457 g/mol. The normalized spacial score (nSPS) is 15.5. The van der Waals surface area contributed by atoms with E-state index in [0.717, 1.165) is 11.8 Å². The summed E-state index contributed by atoms with van der Waals surface area (Å²) in [5, 5.41) is 12.8. The molecule has 0 unspecified atom stereocenters. The van der Waals surface area contributed by atoms with Crippen molar-refractivity contribution in [1.82, 2.24) is 5.32 Å². The number of amides is 2. The van der Waals surface area contributed by atoms with Gasteiger partial charge in [0.05, 0.1) is 22.4 Å². The molecular formula is C26H20FN3O2S. The topological polar surface area (TPSA) is 73.2 Å². The van der Waals surface area contributed by atoms with Crippen molar-refractivity contribution in [2.24, 2.45) is 0 Å². The number of benzene rings is 3. The Balaban J connectivity index is 1.62. The highest BCUT2D eigenvalue weighted by molar-refractivity contribution is 8.03. The highest BCUT2D eigenvalue weighted by atomic mass is 32.2. The largest absolute Gasteiger partial charge is 0.320 e. The van der Waals surface area contributed by atoms with Crippen LogP contribution in [0.2, 0.25) is 0 Å². The average Bonchev–Trinajstić information content (AvgIpc) is 2.84. The summed E-state index contributed by atoms with van der Waals surface area (Å²) in [5.74, 6) is -1.72. The lowest BCUT2D eigenvalue weighted by Gasteiger charge is -2.26. The van der Waals surface area contributed by atoms with E-state index in [9.17, 15) is 19.2 Å². The van der Waals surface area contributed by atoms with E-state index in [1.165, 1.54) is 6.07 Å². The molecule has 1 heterocycles. The zero-order valence-corrected chi connectivity index (χ0v) is 18.4. The molecule has 1 aliphatic rings. The number of para-hydroxylation sites is 2. The van der Waals surface area contributed by atoms with Crippen LogP contribution in [0, 0.1) is 17.1 Å². The lowest BCUT2D eigenvalue weighted by molar-refractivity contribution is -0.121. The molecular weight excluding hydrogens is 437 g/mol. The number of nitriles is 1. The molecule has 0 saturated heterocycles. The summed E-state index contributed by atoms with van der Waals surface area (Å²) in [4.78, 5) is 27.3. The fraction of sp³-hybridized carbons (Fsp3) is 0.115. The van der Waals surface area contributed by atoms with Crippen LogP contribution >= 0.6 is 11.8 Å². The molecule has 0 aliphatic carbocycles. The molecule has 3 aromatic rings. The number of anilines is 2. The molecule has 0 fully saturated rings. The minimum Gasteiger partial charge on any atom is -0.320 e. The number of rotatable bonds is 6. The van der Waals surface area contributed by atoms with Gasteiger partial charge in [0.2, 0.25) is 11.8 Å². The van der Waals surface area contributed by atoms with E-state index in [1.807, 2.05) is 60.7 Å². The summed E-state index contributed by atoms with van der Waals surface area (Å²) < 4.78 is 14.4. The number of hydrogen-bond acceptors (Lipinski definition) is 4. The molecule has 2 amide bonds. The van der Waals surface area contributed by atoms with Crippen molar-refractivity contribution in [2.45, 2.75) is 12.3 Å². The molecule has 0 spiro atoms. The summed E-state index contributed by atoms with van der Waals surface area (Å²) in [6, 6.07) is 26.7. The van der Waals surface area contributed by atoms with Crippen LogP contribution in [-0.2, 0) is 9.59 Å². The minimum atomic E-state index is -0.693. The summed E-state index contributed by atoms with van der Waals surface area (Å²) in [5.41, 5.74) is 1.97. The maximum absolute atomic E-state index is 14.4. The number of carbonyl (C=O) groups excluding carboxylic acids is 2. The van der Waals surface area contributed by atoms with Gasteiger partial charge >= 0.3 is 0 Å². The molecule has 33 heavy (non-hydrogen) atoms. The van der Waals surface area contributed by atoms with Crippen molar-refractivity contribution >= 4 is 35.0 Å². The molecule has 164 valence electrons. The number of nitrogens with zero attached hydrogens (tertiary/aromatic N) is 2. The standard InChI is InChI=1S/C26H20FN3O2S/c27-23-14-8-7-13-20(23)21-15-24(31)29-26(22(21)16-28)33-17-25(32)30(18-9-3-1-4-10-18)19-11-5-2-6-12-19/h1-14,21H,15,17H2,(H,29,31)/t21-/m0/s1. The Morgan fingerprint density at radius 3 is 2.15 bits per heavy atom. The van der Waals surface area contributed by atoms with Gasteiger partial charge in [0.15, 0.2) is 0 Å². The van der Waals surface area contributed by atoms with E-state index >= 15 is 0 Å². The van der Waals surface area contributed by atoms with Crippen LogP contribution in [0.25, 0.3) is 0 Å². The molecule has 3 aromatic carbocycles. The summed E-state index contributed by atoms with van der Waals surface area (Å²) in [7, 11) is 0. The molecule has 0 saturated carbocycles. The van der Waals surface area contributed by atoms with E-state index < -0.39 is 11.7 Å². The van der Waals surface area contributed by atoms with Crippen LogP contribution < -0.4 is 10.2 Å². The predicted molar refractivity (Wildman–Crippen MR) is 127 cm³/mol.